The van der Waals surface area contributed by atoms with E-state index in [0.29, 0.717) is 27.7 Å². The van der Waals surface area contributed by atoms with Gasteiger partial charge in [0.1, 0.15) is 17.6 Å². The van der Waals surface area contributed by atoms with Crippen molar-refractivity contribution in [1.82, 2.24) is 4.98 Å². The average Bonchev–Trinajstić information content (AvgIpc) is 2.49. The van der Waals surface area contributed by atoms with Crippen molar-refractivity contribution in [1.29, 1.82) is 5.26 Å². The van der Waals surface area contributed by atoms with Crippen LogP contribution in [0.2, 0.25) is 5.02 Å². The second kappa shape index (κ2) is 6.33. The minimum absolute atomic E-state index is 0.256. The zero-order valence-electron chi connectivity index (χ0n) is 11.1. The Morgan fingerprint density at radius 3 is 2.81 bits per heavy atom. The third-order valence-corrected chi connectivity index (χ3v) is 3.11. The molecule has 0 spiro atoms. The van der Waals surface area contributed by atoms with Crippen LogP contribution in [-0.2, 0) is 4.79 Å². The highest BCUT2D eigenvalue weighted by atomic mass is 35.5. The molecular weight excluding hydrogens is 292 g/mol. The van der Waals surface area contributed by atoms with Crippen LogP contribution in [0.3, 0.4) is 0 Å². The number of anilines is 2. The Kier molecular flexibility index (Phi) is 4.50. The van der Waals surface area contributed by atoms with E-state index in [1.54, 1.807) is 6.07 Å². The molecule has 0 fully saturated rings. The fourth-order valence-electron chi connectivity index (χ4n) is 1.84. The van der Waals surface area contributed by atoms with E-state index in [1.807, 2.05) is 6.07 Å². The first kappa shape index (κ1) is 14.9. The molecule has 0 saturated carbocycles. The first-order valence-electron chi connectivity index (χ1n) is 5.98. The quantitative estimate of drug-likeness (QED) is 0.877. The molecule has 2 rings (SSSR count). The summed E-state index contributed by atoms with van der Waals surface area (Å²) in [5, 5.41) is 20.2. The van der Waals surface area contributed by atoms with Crippen LogP contribution >= 0.6 is 11.6 Å². The summed E-state index contributed by atoms with van der Waals surface area (Å²) in [6.45, 7) is 1.37. The lowest BCUT2D eigenvalue weighted by molar-refractivity contribution is -0.497. The number of benzene rings is 1. The van der Waals surface area contributed by atoms with Crippen molar-refractivity contribution in [3.63, 3.8) is 0 Å². The molecule has 1 heterocycles. The molecule has 0 bridgehead atoms. The number of carbonyl (C=O) groups is 1. The van der Waals surface area contributed by atoms with Gasteiger partial charge in [0.15, 0.2) is 0 Å². The number of halogens is 1. The number of pyridine rings is 1. The van der Waals surface area contributed by atoms with Gasteiger partial charge in [0.05, 0.1) is 16.3 Å². The van der Waals surface area contributed by atoms with Crippen LogP contribution in [0.5, 0.6) is 0 Å². The number of carbonyl (C=O) groups excluding carboxylic acids is 1. The molecule has 6 nitrogen and oxygen atoms in total. The number of rotatable bonds is 3. The van der Waals surface area contributed by atoms with Gasteiger partial charge in [-0.05, 0) is 18.2 Å². The zero-order valence-corrected chi connectivity index (χ0v) is 11.8. The van der Waals surface area contributed by atoms with E-state index in [2.05, 4.69) is 4.98 Å². The summed E-state index contributed by atoms with van der Waals surface area (Å²) in [7, 11) is 0. The zero-order chi connectivity index (χ0) is 15.4. The number of hydrogen-bond acceptors (Lipinski definition) is 4. The van der Waals surface area contributed by atoms with E-state index in [1.165, 1.54) is 42.3 Å². The van der Waals surface area contributed by atoms with E-state index in [9.17, 15) is 10.0 Å². The van der Waals surface area contributed by atoms with Gasteiger partial charge in [0, 0.05) is 25.3 Å². The van der Waals surface area contributed by atoms with Gasteiger partial charge in [-0.1, -0.05) is 11.6 Å². The maximum atomic E-state index is 11.9. The Hall–Kier alpha value is -2.46. The van der Waals surface area contributed by atoms with Crippen LogP contribution in [0.4, 0.5) is 17.2 Å². The normalized spacial score (nSPS) is 10.0. The summed E-state index contributed by atoms with van der Waals surface area (Å²) in [5.41, 5.74) is 1.79. The summed E-state index contributed by atoms with van der Waals surface area (Å²) < 4.78 is 0. The van der Waals surface area contributed by atoms with E-state index in [0.717, 1.165) is 0 Å². The van der Waals surface area contributed by atoms with Gasteiger partial charge >= 0.3 is 0 Å². The molecule has 0 radical (unpaired) electrons. The van der Waals surface area contributed by atoms with Crippen LogP contribution in [0.15, 0.2) is 36.5 Å². The second-order valence-corrected chi connectivity index (χ2v) is 4.60. The van der Waals surface area contributed by atoms with Crippen LogP contribution in [0.1, 0.15) is 12.5 Å². The van der Waals surface area contributed by atoms with Crippen LogP contribution in [-0.4, -0.2) is 10.9 Å². The highest BCUT2D eigenvalue weighted by Crippen LogP contribution is 2.28. The Morgan fingerprint density at radius 2 is 2.19 bits per heavy atom. The molecule has 2 N–H and O–H groups in total. The van der Waals surface area contributed by atoms with Gasteiger partial charge in [0.2, 0.25) is 5.91 Å². The molecule has 106 valence electrons. The van der Waals surface area contributed by atoms with E-state index in [-0.39, 0.29) is 11.5 Å². The predicted octanol–water partition coefficient (Wildman–Crippen LogP) is 1.98. The molecule has 1 aromatic carbocycles. The molecule has 0 aliphatic rings. The van der Waals surface area contributed by atoms with Crippen LogP contribution in [0, 0.1) is 16.5 Å². The van der Waals surface area contributed by atoms with Crippen molar-refractivity contribution in [2.45, 2.75) is 6.92 Å². The average molecular weight is 303 g/mol. The first-order valence-corrected chi connectivity index (χ1v) is 6.36. The molecule has 2 aromatic rings. The summed E-state index contributed by atoms with van der Waals surface area (Å²) in [6, 6.07) is 9.64. The van der Waals surface area contributed by atoms with Crippen LogP contribution in [0.25, 0.3) is 0 Å². The Labute approximate surface area is 126 Å². The largest absolute Gasteiger partial charge is 0.630 e. The number of nitrogens with two attached hydrogens (primary N) is 1. The lowest BCUT2D eigenvalue weighted by Gasteiger charge is -2.20. The highest BCUT2D eigenvalue weighted by molar-refractivity contribution is 6.31. The van der Waals surface area contributed by atoms with Crippen molar-refractivity contribution in [2.24, 2.45) is 0 Å². The molecule has 0 atom stereocenters. The van der Waals surface area contributed by atoms with Crippen molar-refractivity contribution in [3.8, 4) is 6.07 Å². The van der Waals surface area contributed by atoms with Crippen molar-refractivity contribution in [3.05, 3.63) is 52.3 Å². The smallest absolute Gasteiger partial charge is 0.229 e. The summed E-state index contributed by atoms with van der Waals surface area (Å²) in [5.74, 6) is 0.00933. The fourth-order valence-corrected chi connectivity index (χ4v) is 2.00. The predicted molar refractivity (Wildman–Crippen MR) is 78.2 cm³/mol. The third kappa shape index (κ3) is 3.17. The number of amides is 1. The molecule has 1 amide bonds. The molecule has 0 unspecified atom stereocenters. The van der Waals surface area contributed by atoms with Crippen molar-refractivity contribution in [2.75, 3.05) is 4.90 Å². The van der Waals surface area contributed by atoms with Gasteiger partial charge in [-0.15, -0.1) is 0 Å². The van der Waals surface area contributed by atoms with Crippen molar-refractivity contribution >= 4 is 34.7 Å². The Bertz CT molecular complexity index is 727. The first-order chi connectivity index (χ1) is 10.1. The van der Waals surface area contributed by atoms with Gasteiger partial charge in [0.25, 0.3) is 0 Å². The molecule has 1 aromatic heterocycles. The minimum atomic E-state index is -0.295. The Morgan fingerprint density at radius 1 is 1.43 bits per heavy atom. The van der Waals surface area contributed by atoms with E-state index in [4.69, 9.17) is 16.9 Å². The maximum absolute atomic E-state index is 11.9. The highest BCUT2D eigenvalue weighted by Gasteiger charge is 2.17. The molecule has 0 aliphatic carbocycles. The topological polar surface area (TPSA) is 96.7 Å². The monoisotopic (exact) mass is 302 g/mol. The second-order valence-electron chi connectivity index (χ2n) is 4.20. The summed E-state index contributed by atoms with van der Waals surface area (Å²) >= 11 is 5.89. The van der Waals surface area contributed by atoms with E-state index >= 15 is 0 Å². The number of nitriles is 1. The van der Waals surface area contributed by atoms with E-state index < -0.39 is 0 Å². The molecule has 0 aliphatic heterocycles. The number of quaternary nitrogens is 1. The van der Waals surface area contributed by atoms with Crippen molar-refractivity contribution < 1.29 is 10.3 Å². The summed E-state index contributed by atoms with van der Waals surface area (Å²) in [4.78, 5) is 17.3. The van der Waals surface area contributed by atoms with Gasteiger partial charge in [-0.2, -0.15) is 5.26 Å². The molecule has 0 saturated heterocycles. The minimum Gasteiger partial charge on any atom is -0.630 e. The maximum Gasteiger partial charge on any atom is 0.229 e. The number of hydrogen-bond donors (Lipinski definition) is 1. The molecular formula is C14H11ClN4O2. The summed E-state index contributed by atoms with van der Waals surface area (Å²) in [6.07, 6.45) is 1.44. The molecule has 21 heavy (non-hydrogen) atoms. The number of aromatic nitrogens is 1. The lowest BCUT2D eigenvalue weighted by Crippen LogP contribution is -2.70. The SMILES string of the molecule is CC(=O)N(c1ccc(Cl)c(C#N)c1)c1cc([NH2+][O-])ccn1. The number of nitrogens with zero attached hydrogens (tertiary/aromatic N) is 3. The van der Waals surface area contributed by atoms with Gasteiger partial charge in [-0.3, -0.25) is 9.69 Å². The fraction of sp³-hybridized carbons (Fsp3) is 0.0714. The van der Waals surface area contributed by atoms with Gasteiger partial charge in [-0.25, -0.2) is 4.98 Å². The van der Waals surface area contributed by atoms with Gasteiger partial charge < -0.3 is 10.7 Å². The Balaban J connectivity index is 2.54. The van der Waals surface area contributed by atoms with Crippen LogP contribution < -0.4 is 10.4 Å². The lowest BCUT2D eigenvalue weighted by atomic mass is 10.2. The third-order valence-electron chi connectivity index (χ3n) is 2.78. The standard InChI is InChI=1S/C14H11ClN4O2/c1-9(20)19(14-7-11(18-21)4-5-17-14)12-2-3-13(15)10(6-12)8-16/h2-7H,18H2,1H3. The molecule has 7 heteroatoms.